The Kier molecular flexibility index (Phi) is 6.87. The lowest BCUT2D eigenvalue weighted by Gasteiger charge is -2.31. The maximum absolute atomic E-state index is 12.8. The molecule has 0 unspecified atom stereocenters. The first-order chi connectivity index (χ1) is 13.9. The van der Waals surface area contributed by atoms with Gasteiger partial charge in [0.05, 0.1) is 11.6 Å². The third-order valence-electron chi connectivity index (χ3n) is 5.41. The minimum absolute atomic E-state index is 0.00695. The molecule has 0 spiro atoms. The first kappa shape index (κ1) is 21.3. The molecular formula is C20H27F3N4O2. The highest BCUT2D eigenvalue weighted by Gasteiger charge is 2.41. The summed E-state index contributed by atoms with van der Waals surface area (Å²) in [6.07, 6.45) is -2.15. The molecule has 1 aromatic carbocycles. The highest BCUT2D eigenvalue weighted by molar-refractivity contribution is 5.97. The molecule has 3 rings (SSSR count). The Hall–Kier alpha value is -2.45. The van der Waals surface area contributed by atoms with Crippen molar-refractivity contribution in [3.05, 3.63) is 24.3 Å². The number of nitrogens with zero attached hydrogens (tertiary/aromatic N) is 2. The van der Waals surface area contributed by atoms with Crippen molar-refractivity contribution in [2.24, 2.45) is 10.9 Å². The SMILES string of the molecule is CN=C(NCCCN1C(=O)COc2ccccc21)NC1CCC(C(F)(F)F)CC1. The summed E-state index contributed by atoms with van der Waals surface area (Å²) in [5.41, 5.74) is 0.771. The van der Waals surface area contributed by atoms with Crippen LogP contribution in [-0.4, -0.2) is 50.8 Å². The van der Waals surface area contributed by atoms with E-state index in [1.54, 1.807) is 11.9 Å². The molecule has 0 saturated heterocycles. The topological polar surface area (TPSA) is 66.0 Å². The largest absolute Gasteiger partial charge is 0.482 e. The molecule has 0 aromatic heterocycles. The van der Waals surface area contributed by atoms with Gasteiger partial charge in [-0.1, -0.05) is 12.1 Å². The number of carbonyl (C=O) groups is 1. The van der Waals surface area contributed by atoms with Gasteiger partial charge in [-0.25, -0.2) is 0 Å². The molecule has 1 aromatic rings. The van der Waals surface area contributed by atoms with E-state index < -0.39 is 12.1 Å². The summed E-state index contributed by atoms with van der Waals surface area (Å²) in [5, 5.41) is 6.40. The van der Waals surface area contributed by atoms with E-state index in [1.807, 2.05) is 24.3 Å². The smallest absolute Gasteiger partial charge is 0.391 e. The van der Waals surface area contributed by atoms with Crippen LogP contribution in [0.3, 0.4) is 0 Å². The number of alkyl halides is 3. The molecule has 6 nitrogen and oxygen atoms in total. The van der Waals surface area contributed by atoms with Gasteiger partial charge in [0.2, 0.25) is 0 Å². The standard InChI is InChI=1S/C20H27F3N4O2/c1-24-19(26-15-9-7-14(8-10-15)20(21,22)23)25-11-4-12-27-16-5-2-3-6-17(16)29-13-18(27)28/h2-3,5-6,14-15H,4,7-13H2,1H3,(H2,24,25,26). The lowest BCUT2D eigenvalue weighted by Crippen LogP contribution is -2.46. The summed E-state index contributed by atoms with van der Waals surface area (Å²) in [4.78, 5) is 18.0. The number of benzene rings is 1. The molecule has 1 saturated carbocycles. The second kappa shape index (κ2) is 9.37. The zero-order valence-electron chi connectivity index (χ0n) is 16.5. The van der Waals surface area contributed by atoms with Gasteiger partial charge in [0, 0.05) is 26.2 Å². The summed E-state index contributed by atoms with van der Waals surface area (Å²) in [7, 11) is 1.64. The predicted molar refractivity (Wildman–Crippen MR) is 105 cm³/mol. The Bertz CT molecular complexity index is 731. The number of rotatable bonds is 5. The van der Waals surface area contributed by atoms with E-state index in [9.17, 15) is 18.0 Å². The molecule has 1 heterocycles. The summed E-state index contributed by atoms with van der Waals surface area (Å²) in [5.74, 6) is 0.0123. The molecule has 29 heavy (non-hydrogen) atoms. The summed E-state index contributed by atoms with van der Waals surface area (Å²) in [6.45, 7) is 1.17. The molecule has 1 fully saturated rings. The number of hydrogen-bond acceptors (Lipinski definition) is 3. The van der Waals surface area contributed by atoms with Crippen LogP contribution in [0.4, 0.5) is 18.9 Å². The first-order valence-corrected chi connectivity index (χ1v) is 9.94. The molecule has 1 amide bonds. The van der Waals surface area contributed by atoms with Crippen LogP contribution in [-0.2, 0) is 4.79 Å². The molecule has 1 aliphatic heterocycles. The summed E-state index contributed by atoms with van der Waals surface area (Å²) in [6, 6.07) is 7.43. The number of halogens is 3. The summed E-state index contributed by atoms with van der Waals surface area (Å²) < 4.78 is 43.8. The fraction of sp³-hybridized carbons (Fsp3) is 0.600. The monoisotopic (exact) mass is 412 g/mol. The van der Waals surface area contributed by atoms with Crippen LogP contribution in [0.2, 0.25) is 0 Å². The minimum Gasteiger partial charge on any atom is -0.482 e. The second-order valence-corrected chi connectivity index (χ2v) is 7.39. The van der Waals surface area contributed by atoms with E-state index in [0.29, 0.717) is 44.1 Å². The van der Waals surface area contributed by atoms with Crippen molar-refractivity contribution in [1.82, 2.24) is 10.6 Å². The maximum Gasteiger partial charge on any atom is 0.391 e. The minimum atomic E-state index is -4.10. The number of fused-ring (bicyclic) bond motifs is 1. The van der Waals surface area contributed by atoms with Gasteiger partial charge in [-0.15, -0.1) is 0 Å². The number of carbonyl (C=O) groups excluding carboxylic acids is 1. The molecule has 1 aliphatic carbocycles. The molecular weight excluding hydrogens is 385 g/mol. The van der Waals surface area contributed by atoms with Gasteiger partial charge in [0.25, 0.3) is 5.91 Å². The third-order valence-corrected chi connectivity index (χ3v) is 5.41. The van der Waals surface area contributed by atoms with Gasteiger partial charge in [-0.05, 0) is 44.2 Å². The Morgan fingerprint density at radius 3 is 2.66 bits per heavy atom. The number of amides is 1. The number of hydrogen-bond donors (Lipinski definition) is 2. The first-order valence-electron chi connectivity index (χ1n) is 9.94. The number of anilines is 1. The Morgan fingerprint density at radius 2 is 1.97 bits per heavy atom. The molecule has 0 atom stereocenters. The van der Waals surface area contributed by atoms with Crippen LogP contribution >= 0.6 is 0 Å². The highest BCUT2D eigenvalue weighted by atomic mass is 19.4. The fourth-order valence-corrected chi connectivity index (χ4v) is 3.80. The van der Waals surface area contributed by atoms with Crippen molar-refractivity contribution in [2.75, 3.05) is 31.6 Å². The van der Waals surface area contributed by atoms with E-state index in [2.05, 4.69) is 15.6 Å². The Labute approximate surface area is 168 Å². The van der Waals surface area contributed by atoms with Crippen molar-refractivity contribution < 1.29 is 22.7 Å². The quantitative estimate of drug-likeness (QED) is 0.443. The van der Waals surface area contributed by atoms with Crippen molar-refractivity contribution in [1.29, 1.82) is 0 Å². The van der Waals surface area contributed by atoms with Crippen LogP contribution in [0.15, 0.2) is 29.3 Å². The van der Waals surface area contributed by atoms with Gasteiger partial charge in [-0.3, -0.25) is 9.79 Å². The third kappa shape index (κ3) is 5.55. The van der Waals surface area contributed by atoms with Gasteiger partial charge < -0.3 is 20.3 Å². The number of nitrogens with one attached hydrogen (secondary N) is 2. The van der Waals surface area contributed by atoms with Crippen LogP contribution in [0.1, 0.15) is 32.1 Å². The second-order valence-electron chi connectivity index (χ2n) is 7.39. The lowest BCUT2D eigenvalue weighted by molar-refractivity contribution is -0.182. The van der Waals surface area contributed by atoms with Crippen molar-refractivity contribution in [2.45, 2.75) is 44.3 Å². The van der Waals surface area contributed by atoms with Gasteiger partial charge in [0.15, 0.2) is 12.6 Å². The van der Waals surface area contributed by atoms with E-state index in [-0.39, 0.29) is 31.4 Å². The number of para-hydroxylation sites is 2. The molecule has 160 valence electrons. The van der Waals surface area contributed by atoms with Crippen LogP contribution < -0.4 is 20.3 Å². The molecule has 0 radical (unpaired) electrons. The van der Waals surface area contributed by atoms with Gasteiger partial charge in [-0.2, -0.15) is 13.2 Å². The lowest BCUT2D eigenvalue weighted by atomic mass is 9.85. The zero-order valence-corrected chi connectivity index (χ0v) is 16.5. The van der Waals surface area contributed by atoms with Crippen LogP contribution in [0.5, 0.6) is 5.75 Å². The Balaban J connectivity index is 1.42. The predicted octanol–water partition coefficient (Wildman–Crippen LogP) is 3.09. The fourth-order valence-electron chi connectivity index (χ4n) is 3.80. The normalized spacial score (nSPS) is 22.7. The molecule has 9 heteroatoms. The average Bonchev–Trinajstić information content (AvgIpc) is 2.71. The number of ether oxygens (including phenoxy) is 1. The van der Waals surface area contributed by atoms with E-state index in [4.69, 9.17) is 4.74 Å². The molecule has 2 N–H and O–H groups in total. The van der Waals surface area contributed by atoms with Crippen molar-refractivity contribution in [3.8, 4) is 5.75 Å². The van der Waals surface area contributed by atoms with Crippen LogP contribution in [0, 0.1) is 5.92 Å². The number of aliphatic imine (C=N–C) groups is 1. The van der Waals surface area contributed by atoms with Crippen molar-refractivity contribution >= 4 is 17.6 Å². The highest BCUT2D eigenvalue weighted by Crippen LogP contribution is 2.37. The molecule has 2 aliphatic rings. The van der Waals surface area contributed by atoms with Gasteiger partial charge >= 0.3 is 6.18 Å². The van der Waals surface area contributed by atoms with Gasteiger partial charge in [0.1, 0.15) is 5.75 Å². The Morgan fingerprint density at radius 1 is 1.24 bits per heavy atom. The molecule has 0 bridgehead atoms. The van der Waals surface area contributed by atoms with E-state index in [1.165, 1.54) is 0 Å². The van der Waals surface area contributed by atoms with Crippen LogP contribution in [0.25, 0.3) is 0 Å². The van der Waals surface area contributed by atoms with Crippen molar-refractivity contribution in [3.63, 3.8) is 0 Å². The van der Waals surface area contributed by atoms with E-state index in [0.717, 1.165) is 5.69 Å². The van der Waals surface area contributed by atoms with E-state index >= 15 is 0 Å². The average molecular weight is 412 g/mol. The maximum atomic E-state index is 12.8. The zero-order chi connectivity index (χ0) is 20.9. The summed E-state index contributed by atoms with van der Waals surface area (Å²) >= 11 is 0. The number of guanidine groups is 1.